The maximum absolute atomic E-state index is 14.1. The summed E-state index contributed by atoms with van der Waals surface area (Å²) in [6, 6.07) is 15.7. The summed E-state index contributed by atoms with van der Waals surface area (Å²) >= 11 is 12.5. The molecule has 0 aliphatic rings. The van der Waals surface area contributed by atoms with E-state index >= 15 is 0 Å². The molecule has 2 amide bonds. The highest BCUT2D eigenvalue weighted by Crippen LogP contribution is 2.30. The summed E-state index contributed by atoms with van der Waals surface area (Å²) in [6.45, 7) is 10.5. The minimum absolute atomic E-state index is 0.0187. The zero-order valence-electron chi connectivity index (χ0n) is 24.2. The summed E-state index contributed by atoms with van der Waals surface area (Å²) in [5.41, 5.74) is 3.48. The Balaban J connectivity index is 2.09. The van der Waals surface area contributed by atoms with E-state index in [9.17, 15) is 18.0 Å². The van der Waals surface area contributed by atoms with Crippen molar-refractivity contribution in [1.29, 1.82) is 0 Å². The Morgan fingerprint density at radius 2 is 1.61 bits per heavy atom. The van der Waals surface area contributed by atoms with Crippen LogP contribution in [0.15, 0.2) is 65.6 Å². The summed E-state index contributed by atoms with van der Waals surface area (Å²) in [6.07, 6.45) is 0.713. The zero-order chi connectivity index (χ0) is 30.5. The van der Waals surface area contributed by atoms with E-state index < -0.39 is 28.5 Å². The second-order valence-electron chi connectivity index (χ2n) is 10.3. The number of anilines is 1. The average Bonchev–Trinajstić information content (AvgIpc) is 2.92. The highest BCUT2D eigenvalue weighted by molar-refractivity contribution is 7.92. The Morgan fingerprint density at radius 1 is 0.951 bits per heavy atom. The lowest BCUT2D eigenvalue weighted by Gasteiger charge is -2.33. The highest BCUT2D eigenvalue weighted by Gasteiger charge is 2.33. The number of benzene rings is 3. The van der Waals surface area contributed by atoms with E-state index in [4.69, 9.17) is 23.2 Å². The Hall–Kier alpha value is -3.07. The van der Waals surface area contributed by atoms with Gasteiger partial charge in [0.1, 0.15) is 12.6 Å². The average molecular weight is 619 g/mol. The van der Waals surface area contributed by atoms with Gasteiger partial charge in [0.15, 0.2) is 0 Å². The van der Waals surface area contributed by atoms with Gasteiger partial charge < -0.3 is 10.2 Å². The molecule has 2 atom stereocenters. The van der Waals surface area contributed by atoms with Gasteiger partial charge in [-0.25, -0.2) is 8.42 Å². The van der Waals surface area contributed by atoms with Crippen LogP contribution in [-0.4, -0.2) is 43.8 Å². The summed E-state index contributed by atoms with van der Waals surface area (Å²) in [7, 11) is -4.15. The standard InChI is InChI=1S/C31H37Cl2N3O4S/c1-7-22(4)34-31(38)24(6)35(18-25-13-14-26(32)17-28(25)33)30(37)19-36(29-10-8-9-21(3)23(29)5)41(39,40)27-15-11-20(2)12-16-27/h8-17,22,24H,7,18-19H2,1-6H3,(H,34,38). The second kappa shape index (κ2) is 13.7. The molecule has 0 saturated heterocycles. The molecule has 0 saturated carbocycles. The molecule has 3 rings (SSSR count). The monoisotopic (exact) mass is 617 g/mol. The van der Waals surface area contributed by atoms with Gasteiger partial charge in [0, 0.05) is 22.6 Å². The van der Waals surface area contributed by atoms with Crippen LogP contribution in [0.1, 0.15) is 49.4 Å². The number of carbonyl (C=O) groups is 2. The highest BCUT2D eigenvalue weighted by atomic mass is 35.5. The van der Waals surface area contributed by atoms with Crippen molar-refractivity contribution in [3.8, 4) is 0 Å². The Kier molecular flexibility index (Phi) is 10.9. The van der Waals surface area contributed by atoms with Gasteiger partial charge in [-0.2, -0.15) is 0 Å². The van der Waals surface area contributed by atoms with Crippen molar-refractivity contribution in [2.24, 2.45) is 0 Å². The first-order chi connectivity index (χ1) is 19.3. The van der Waals surface area contributed by atoms with Gasteiger partial charge in [-0.15, -0.1) is 0 Å². The van der Waals surface area contributed by atoms with Crippen molar-refractivity contribution in [3.63, 3.8) is 0 Å². The third-order valence-corrected chi connectivity index (χ3v) is 9.62. The first-order valence-corrected chi connectivity index (χ1v) is 15.6. The Bertz CT molecular complexity index is 1510. The molecule has 41 heavy (non-hydrogen) atoms. The topological polar surface area (TPSA) is 86.8 Å². The van der Waals surface area contributed by atoms with E-state index in [0.717, 1.165) is 21.0 Å². The van der Waals surface area contributed by atoms with Gasteiger partial charge in [0.2, 0.25) is 11.8 Å². The number of halogens is 2. The number of amides is 2. The molecule has 10 heteroatoms. The molecule has 2 unspecified atom stereocenters. The van der Waals surface area contributed by atoms with Crippen LogP contribution in [0.5, 0.6) is 0 Å². The van der Waals surface area contributed by atoms with E-state index in [1.54, 1.807) is 49.4 Å². The number of rotatable bonds is 11. The number of aryl methyl sites for hydroxylation is 2. The Labute approximate surface area is 253 Å². The number of nitrogens with zero attached hydrogens (tertiary/aromatic N) is 2. The number of hydrogen-bond donors (Lipinski definition) is 1. The quantitative estimate of drug-likeness (QED) is 0.268. The summed E-state index contributed by atoms with van der Waals surface area (Å²) in [5, 5.41) is 3.69. The zero-order valence-corrected chi connectivity index (χ0v) is 26.6. The molecule has 0 fully saturated rings. The minimum atomic E-state index is -4.15. The van der Waals surface area contributed by atoms with Crippen LogP contribution in [0.3, 0.4) is 0 Å². The predicted octanol–water partition coefficient (Wildman–Crippen LogP) is 6.45. The van der Waals surface area contributed by atoms with Crippen LogP contribution in [0.25, 0.3) is 0 Å². The van der Waals surface area contributed by atoms with Crippen molar-refractivity contribution < 1.29 is 18.0 Å². The maximum Gasteiger partial charge on any atom is 0.264 e. The fourth-order valence-electron chi connectivity index (χ4n) is 4.24. The molecule has 1 N–H and O–H groups in total. The predicted molar refractivity (Wildman–Crippen MR) is 166 cm³/mol. The molecular formula is C31H37Cl2N3O4S. The normalized spacial score (nSPS) is 12.9. The molecule has 220 valence electrons. The summed E-state index contributed by atoms with van der Waals surface area (Å²) < 4.78 is 29.2. The fraction of sp³-hybridized carbons (Fsp3) is 0.355. The molecule has 0 heterocycles. The summed E-state index contributed by atoms with van der Waals surface area (Å²) in [4.78, 5) is 28.7. The summed E-state index contributed by atoms with van der Waals surface area (Å²) in [5.74, 6) is -0.906. The first kappa shape index (κ1) is 32.4. The van der Waals surface area contributed by atoms with E-state index in [1.807, 2.05) is 40.7 Å². The molecule has 0 radical (unpaired) electrons. The third-order valence-electron chi connectivity index (χ3n) is 7.26. The van der Waals surface area contributed by atoms with Gasteiger partial charge in [-0.3, -0.25) is 13.9 Å². The van der Waals surface area contributed by atoms with E-state index in [1.165, 1.54) is 17.0 Å². The van der Waals surface area contributed by atoms with Gasteiger partial charge >= 0.3 is 0 Å². The number of carbonyl (C=O) groups excluding carboxylic acids is 2. The van der Waals surface area contributed by atoms with Crippen LogP contribution in [0.2, 0.25) is 10.0 Å². The number of sulfonamides is 1. The largest absolute Gasteiger partial charge is 0.352 e. The lowest BCUT2D eigenvalue weighted by atomic mass is 10.1. The molecule has 0 aliphatic heterocycles. The lowest BCUT2D eigenvalue weighted by molar-refractivity contribution is -0.139. The van der Waals surface area contributed by atoms with Gasteiger partial charge in [0.25, 0.3) is 10.0 Å². The van der Waals surface area contributed by atoms with Crippen LogP contribution >= 0.6 is 23.2 Å². The van der Waals surface area contributed by atoms with Crippen molar-refractivity contribution >= 4 is 50.7 Å². The molecule has 0 aromatic heterocycles. The van der Waals surface area contributed by atoms with Crippen molar-refractivity contribution in [2.45, 2.75) is 71.5 Å². The van der Waals surface area contributed by atoms with Crippen LogP contribution in [0.4, 0.5) is 5.69 Å². The molecule has 7 nitrogen and oxygen atoms in total. The number of hydrogen-bond acceptors (Lipinski definition) is 4. The van der Waals surface area contributed by atoms with E-state index in [-0.39, 0.29) is 23.4 Å². The van der Waals surface area contributed by atoms with E-state index in [0.29, 0.717) is 27.7 Å². The molecule has 0 bridgehead atoms. The van der Waals surface area contributed by atoms with Crippen molar-refractivity contribution in [2.75, 3.05) is 10.8 Å². The lowest BCUT2D eigenvalue weighted by Crippen LogP contribution is -2.52. The maximum atomic E-state index is 14.1. The molecule has 0 spiro atoms. The van der Waals surface area contributed by atoms with E-state index in [2.05, 4.69) is 5.32 Å². The first-order valence-electron chi connectivity index (χ1n) is 13.5. The van der Waals surface area contributed by atoms with Crippen molar-refractivity contribution in [3.05, 3.63) is 93.0 Å². The van der Waals surface area contributed by atoms with Crippen LogP contribution in [0, 0.1) is 20.8 Å². The van der Waals surface area contributed by atoms with Crippen LogP contribution in [-0.2, 0) is 26.2 Å². The van der Waals surface area contributed by atoms with Gasteiger partial charge in [-0.05, 0) is 88.1 Å². The van der Waals surface area contributed by atoms with Crippen molar-refractivity contribution in [1.82, 2.24) is 10.2 Å². The van der Waals surface area contributed by atoms with Crippen LogP contribution < -0.4 is 9.62 Å². The third kappa shape index (κ3) is 7.82. The minimum Gasteiger partial charge on any atom is -0.352 e. The Morgan fingerprint density at radius 3 is 2.22 bits per heavy atom. The molecular weight excluding hydrogens is 581 g/mol. The smallest absolute Gasteiger partial charge is 0.264 e. The second-order valence-corrected chi connectivity index (χ2v) is 13.0. The molecule has 0 aliphatic carbocycles. The molecule has 3 aromatic carbocycles. The van der Waals surface area contributed by atoms with Gasteiger partial charge in [0.05, 0.1) is 10.6 Å². The van der Waals surface area contributed by atoms with Gasteiger partial charge in [-0.1, -0.05) is 66.0 Å². The number of nitrogens with one attached hydrogen (secondary N) is 1. The molecule has 3 aromatic rings. The fourth-order valence-corrected chi connectivity index (χ4v) is 6.18. The SMILES string of the molecule is CCC(C)NC(=O)C(C)N(Cc1ccc(Cl)cc1Cl)C(=O)CN(c1cccc(C)c1C)S(=O)(=O)c1ccc(C)cc1.